The number of nitrogens with zero attached hydrogens (tertiary/aromatic N) is 1. The summed E-state index contributed by atoms with van der Waals surface area (Å²) in [4.78, 5) is 25.0. The van der Waals surface area contributed by atoms with E-state index in [4.69, 9.17) is 4.74 Å². The number of methoxy groups -OCH3 is 1. The largest absolute Gasteiger partial charge is 0.495 e. The number of nitrogens with one attached hydrogen (secondary N) is 2. The highest BCUT2D eigenvalue weighted by Crippen LogP contribution is 2.25. The van der Waals surface area contributed by atoms with Crippen LogP contribution in [0.1, 0.15) is 32.8 Å². The van der Waals surface area contributed by atoms with E-state index in [1.807, 2.05) is 6.07 Å². The standard InChI is InChI=1S/C17H27N3O3/c1-6-12(2)11-20(4)17(22)18-10-14-7-8-16(23-5)15(9-14)19-13(3)21/h7-9,12H,6,10-11H2,1-5H3,(H,18,22)(H,19,21). The van der Waals surface area contributed by atoms with Crippen LogP contribution in [0.15, 0.2) is 18.2 Å². The normalized spacial score (nSPS) is 11.5. The van der Waals surface area contributed by atoms with E-state index in [2.05, 4.69) is 24.5 Å². The van der Waals surface area contributed by atoms with Crippen LogP contribution in [0.5, 0.6) is 5.75 Å². The molecule has 3 amide bonds. The number of urea groups is 1. The lowest BCUT2D eigenvalue weighted by molar-refractivity contribution is -0.114. The van der Waals surface area contributed by atoms with E-state index in [9.17, 15) is 9.59 Å². The second kappa shape index (κ2) is 9.02. The summed E-state index contributed by atoms with van der Waals surface area (Å²) in [5, 5.41) is 5.60. The van der Waals surface area contributed by atoms with Gasteiger partial charge in [0.25, 0.3) is 0 Å². The van der Waals surface area contributed by atoms with Crippen molar-refractivity contribution < 1.29 is 14.3 Å². The molecule has 0 heterocycles. The summed E-state index contributed by atoms with van der Waals surface area (Å²) in [5.74, 6) is 0.889. The Kier molecular flexibility index (Phi) is 7.38. The highest BCUT2D eigenvalue weighted by atomic mass is 16.5. The zero-order valence-electron chi connectivity index (χ0n) is 14.6. The molecule has 0 spiro atoms. The predicted molar refractivity (Wildman–Crippen MR) is 91.6 cm³/mol. The average molecular weight is 321 g/mol. The van der Waals surface area contributed by atoms with Gasteiger partial charge in [0.1, 0.15) is 5.75 Å². The van der Waals surface area contributed by atoms with Crippen LogP contribution >= 0.6 is 0 Å². The SMILES string of the molecule is CCC(C)CN(C)C(=O)NCc1ccc(OC)c(NC(C)=O)c1. The van der Waals surface area contributed by atoms with Crippen molar-refractivity contribution in [3.63, 3.8) is 0 Å². The summed E-state index contributed by atoms with van der Waals surface area (Å²) in [6, 6.07) is 5.33. The number of anilines is 1. The maximum absolute atomic E-state index is 12.1. The third-order valence-electron chi connectivity index (χ3n) is 3.65. The van der Waals surface area contributed by atoms with Crippen molar-refractivity contribution >= 4 is 17.6 Å². The number of amides is 3. The predicted octanol–water partition coefficient (Wildman–Crippen LogP) is 2.84. The van der Waals surface area contributed by atoms with Gasteiger partial charge in [0.05, 0.1) is 12.8 Å². The smallest absolute Gasteiger partial charge is 0.317 e. The van der Waals surface area contributed by atoms with Gasteiger partial charge in [0.15, 0.2) is 0 Å². The van der Waals surface area contributed by atoms with Gasteiger partial charge in [-0.15, -0.1) is 0 Å². The van der Waals surface area contributed by atoms with Gasteiger partial charge >= 0.3 is 6.03 Å². The number of benzene rings is 1. The fourth-order valence-electron chi connectivity index (χ4n) is 2.14. The van der Waals surface area contributed by atoms with Gasteiger partial charge < -0.3 is 20.3 Å². The van der Waals surface area contributed by atoms with Crippen LogP contribution in [0.2, 0.25) is 0 Å². The Labute approximate surface area is 138 Å². The van der Waals surface area contributed by atoms with Crippen molar-refractivity contribution in [3.8, 4) is 5.75 Å². The molecule has 23 heavy (non-hydrogen) atoms. The molecule has 6 heteroatoms. The Morgan fingerprint density at radius 3 is 2.61 bits per heavy atom. The highest BCUT2D eigenvalue weighted by molar-refractivity contribution is 5.90. The number of hydrogen-bond acceptors (Lipinski definition) is 3. The Morgan fingerprint density at radius 1 is 1.35 bits per heavy atom. The fraction of sp³-hybridized carbons (Fsp3) is 0.529. The van der Waals surface area contributed by atoms with Crippen molar-refractivity contribution in [3.05, 3.63) is 23.8 Å². The number of rotatable bonds is 7. The molecule has 1 atom stereocenters. The van der Waals surface area contributed by atoms with E-state index in [1.54, 1.807) is 31.2 Å². The number of carbonyl (C=O) groups excluding carboxylic acids is 2. The lowest BCUT2D eigenvalue weighted by Gasteiger charge is -2.21. The van der Waals surface area contributed by atoms with E-state index in [0.717, 1.165) is 18.5 Å². The second-order valence-corrected chi connectivity index (χ2v) is 5.77. The van der Waals surface area contributed by atoms with E-state index < -0.39 is 0 Å². The molecule has 1 rings (SSSR count). The minimum atomic E-state index is -0.169. The van der Waals surface area contributed by atoms with Crippen LogP contribution in [0, 0.1) is 5.92 Å². The molecular formula is C17H27N3O3. The molecule has 0 aromatic heterocycles. The van der Waals surface area contributed by atoms with Crippen LogP contribution in [0.3, 0.4) is 0 Å². The lowest BCUT2D eigenvalue weighted by atomic mass is 10.1. The van der Waals surface area contributed by atoms with E-state index in [-0.39, 0.29) is 11.9 Å². The Hall–Kier alpha value is -2.24. The zero-order chi connectivity index (χ0) is 17.4. The topological polar surface area (TPSA) is 70.7 Å². The molecule has 1 unspecified atom stereocenters. The summed E-state index contributed by atoms with van der Waals surface area (Å²) in [6.07, 6.45) is 1.04. The lowest BCUT2D eigenvalue weighted by Crippen LogP contribution is -2.39. The number of hydrogen-bond donors (Lipinski definition) is 2. The summed E-state index contributed by atoms with van der Waals surface area (Å²) >= 11 is 0. The highest BCUT2D eigenvalue weighted by Gasteiger charge is 2.12. The molecule has 0 bridgehead atoms. The van der Waals surface area contributed by atoms with Gasteiger partial charge in [0.2, 0.25) is 5.91 Å². The van der Waals surface area contributed by atoms with Crippen LogP contribution in [0.4, 0.5) is 10.5 Å². The molecule has 0 aliphatic heterocycles. The third-order valence-corrected chi connectivity index (χ3v) is 3.65. The maximum Gasteiger partial charge on any atom is 0.317 e. The van der Waals surface area contributed by atoms with E-state index in [0.29, 0.717) is 23.9 Å². The minimum Gasteiger partial charge on any atom is -0.495 e. The molecule has 1 aromatic rings. The first-order chi connectivity index (χ1) is 10.9. The van der Waals surface area contributed by atoms with E-state index in [1.165, 1.54) is 6.92 Å². The first kappa shape index (κ1) is 18.8. The Morgan fingerprint density at radius 2 is 2.04 bits per heavy atom. The summed E-state index contributed by atoms with van der Waals surface area (Å²) in [6.45, 7) is 6.78. The van der Waals surface area contributed by atoms with E-state index >= 15 is 0 Å². The molecule has 0 saturated heterocycles. The molecule has 0 aliphatic rings. The van der Waals surface area contributed by atoms with Crippen molar-refractivity contribution in [2.24, 2.45) is 5.92 Å². The zero-order valence-corrected chi connectivity index (χ0v) is 14.6. The Bertz CT molecular complexity index is 546. The van der Waals surface area contributed by atoms with Gasteiger partial charge in [-0.1, -0.05) is 26.3 Å². The van der Waals surface area contributed by atoms with Gasteiger partial charge in [0, 0.05) is 27.1 Å². The van der Waals surface area contributed by atoms with Crippen LogP contribution in [-0.2, 0) is 11.3 Å². The average Bonchev–Trinajstić information content (AvgIpc) is 2.51. The first-order valence-electron chi connectivity index (χ1n) is 7.80. The third kappa shape index (κ3) is 6.18. The number of carbonyl (C=O) groups is 2. The molecule has 128 valence electrons. The monoisotopic (exact) mass is 321 g/mol. The molecule has 2 N–H and O–H groups in total. The van der Waals surface area contributed by atoms with Crippen LogP contribution in [-0.4, -0.2) is 37.5 Å². The van der Waals surface area contributed by atoms with Gasteiger partial charge in [-0.05, 0) is 23.6 Å². The van der Waals surface area contributed by atoms with Crippen LogP contribution < -0.4 is 15.4 Å². The van der Waals surface area contributed by atoms with Gasteiger partial charge in [-0.25, -0.2) is 4.79 Å². The number of ether oxygens (including phenoxy) is 1. The fourth-order valence-corrected chi connectivity index (χ4v) is 2.14. The first-order valence-corrected chi connectivity index (χ1v) is 7.80. The Balaban J connectivity index is 2.67. The molecule has 0 saturated carbocycles. The van der Waals surface area contributed by atoms with Crippen LogP contribution in [0.25, 0.3) is 0 Å². The minimum absolute atomic E-state index is 0.109. The van der Waals surface area contributed by atoms with Crippen molar-refractivity contribution in [2.45, 2.75) is 33.7 Å². The molecule has 0 aliphatic carbocycles. The van der Waals surface area contributed by atoms with Crippen molar-refractivity contribution in [1.29, 1.82) is 0 Å². The molecule has 0 radical (unpaired) electrons. The quantitative estimate of drug-likeness (QED) is 0.811. The van der Waals surface area contributed by atoms with Gasteiger partial charge in [-0.2, -0.15) is 0 Å². The molecule has 0 fully saturated rings. The summed E-state index contributed by atoms with van der Waals surface area (Å²) in [5.41, 5.74) is 1.49. The summed E-state index contributed by atoms with van der Waals surface area (Å²) < 4.78 is 5.21. The van der Waals surface area contributed by atoms with Crippen molar-refractivity contribution in [1.82, 2.24) is 10.2 Å². The molecule has 6 nitrogen and oxygen atoms in total. The molecular weight excluding hydrogens is 294 g/mol. The second-order valence-electron chi connectivity index (χ2n) is 5.77. The van der Waals surface area contributed by atoms with Gasteiger partial charge in [-0.3, -0.25) is 4.79 Å². The van der Waals surface area contributed by atoms with Crippen molar-refractivity contribution in [2.75, 3.05) is 26.0 Å². The summed E-state index contributed by atoms with van der Waals surface area (Å²) in [7, 11) is 3.34. The maximum atomic E-state index is 12.1. The molecule has 1 aromatic carbocycles.